The molecule has 0 bridgehead atoms. The predicted octanol–water partition coefficient (Wildman–Crippen LogP) is 3.09. The average molecular weight is 366 g/mol. The Hall–Kier alpha value is -2.57. The summed E-state index contributed by atoms with van der Waals surface area (Å²) in [5.74, 6) is -1.38. The van der Waals surface area contributed by atoms with E-state index in [0.717, 1.165) is 0 Å². The zero-order valence-corrected chi connectivity index (χ0v) is 14.1. The Balaban J connectivity index is 1.98. The van der Waals surface area contributed by atoms with Gasteiger partial charge in [-0.2, -0.15) is 5.10 Å². The zero-order valence-electron chi connectivity index (χ0n) is 12.5. The second-order valence-electron chi connectivity index (χ2n) is 4.50. The van der Waals surface area contributed by atoms with Crippen LogP contribution in [-0.2, 0) is 9.59 Å². The Bertz CT molecular complexity index is 794. The van der Waals surface area contributed by atoms with Crippen LogP contribution in [0.5, 0.6) is 5.75 Å². The number of nitrogens with zero attached hydrogens (tertiary/aromatic N) is 1. The maximum absolute atomic E-state index is 11.8. The molecule has 0 heterocycles. The number of rotatable bonds is 4. The van der Waals surface area contributed by atoms with Crippen molar-refractivity contribution in [2.75, 3.05) is 12.4 Å². The van der Waals surface area contributed by atoms with E-state index in [9.17, 15) is 9.59 Å². The molecule has 2 rings (SSSR count). The van der Waals surface area contributed by atoms with Crippen molar-refractivity contribution in [2.45, 2.75) is 0 Å². The first-order valence-corrected chi connectivity index (χ1v) is 7.50. The van der Waals surface area contributed by atoms with Crippen molar-refractivity contribution in [1.82, 2.24) is 5.43 Å². The highest BCUT2D eigenvalue weighted by Gasteiger charge is 2.14. The van der Waals surface area contributed by atoms with Gasteiger partial charge in [0.2, 0.25) is 0 Å². The van der Waals surface area contributed by atoms with Gasteiger partial charge >= 0.3 is 11.8 Å². The minimum absolute atomic E-state index is 0.302. The predicted molar refractivity (Wildman–Crippen MR) is 93.8 cm³/mol. The second kappa shape index (κ2) is 8.33. The summed E-state index contributed by atoms with van der Waals surface area (Å²) in [5, 5.41) is 6.79. The van der Waals surface area contributed by atoms with Gasteiger partial charge in [-0.05, 0) is 18.2 Å². The van der Waals surface area contributed by atoms with Crippen LogP contribution in [0.1, 0.15) is 5.56 Å². The Morgan fingerprint density at radius 1 is 1.08 bits per heavy atom. The number of benzene rings is 2. The van der Waals surface area contributed by atoms with Crippen LogP contribution in [0.4, 0.5) is 5.69 Å². The van der Waals surface area contributed by atoms with E-state index in [0.29, 0.717) is 27.0 Å². The number of carbonyl (C=O) groups excluding carboxylic acids is 2. The third-order valence-electron chi connectivity index (χ3n) is 2.91. The SMILES string of the molecule is COc1ccccc1NC(=O)C(=O)N/N=C\c1cccc(Cl)c1Cl. The number of amides is 2. The van der Waals surface area contributed by atoms with Crippen LogP contribution in [0, 0.1) is 0 Å². The molecule has 2 aromatic rings. The van der Waals surface area contributed by atoms with Gasteiger partial charge in [0.15, 0.2) is 0 Å². The van der Waals surface area contributed by atoms with Crippen LogP contribution in [0.15, 0.2) is 47.6 Å². The second-order valence-corrected chi connectivity index (χ2v) is 5.28. The Labute approximate surface area is 148 Å². The van der Waals surface area contributed by atoms with E-state index in [4.69, 9.17) is 27.9 Å². The van der Waals surface area contributed by atoms with Gasteiger partial charge in [-0.25, -0.2) is 5.43 Å². The van der Waals surface area contributed by atoms with Crippen molar-refractivity contribution in [3.8, 4) is 5.75 Å². The van der Waals surface area contributed by atoms with Crippen molar-refractivity contribution >= 4 is 46.9 Å². The van der Waals surface area contributed by atoms with Crippen molar-refractivity contribution in [1.29, 1.82) is 0 Å². The fraction of sp³-hybridized carbons (Fsp3) is 0.0625. The van der Waals surface area contributed by atoms with Gasteiger partial charge in [-0.15, -0.1) is 0 Å². The summed E-state index contributed by atoms with van der Waals surface area (Å²) < 4.78 is 5.09. The molecule has 2 amide bonds. The third kappa shape index (κ3) is 4.47. The van der Waals surface area contributed by atoms with Crippen LogP contribution in [0.2, 0.25) is 10.0 Å². The number of hydrogen-bond acceptors (Lipinski definition) is 4. The first-order chi connectivity index (χ1) is 11.5. The van der Waals surface area contributed by atoms with Crippen molar-refractivity contribution in [3.63, 3.8) is 0 Å². The maximum atomic E-state index is 11.8. The molecule has 0 aromatic heterocycles. The summed E-state index contributed by atoms with van der Waals surface area (Å²) >= 11 is 11.9. The minimum Gasteiger partial charge on any atom is -0.495 e. The molecule has 0 saturated heterocycles. The van der Waals surface area contributed by atoms with Gasteiger partial charge in [0, 0.05) is 5.56 Å². The molecule has 0 radical (unpaired) electrons. The molecule has 0 aliphatic rings. The lowest BCUT2D eigenvalue weighted by molar-refractivity contribution is -0.136. The van der Waals surface area contributed by atoms with Crippen LogP contribution in [-0.4, -0.2) is 25.1 Å². The number of halogens is 2. The van der Waals surface area contributed by atoms with Gasteiger partial charge in [0.25, 0.3) is 0 Å². The van der Waals surface area contributed by atoms with E-state index in [1.807, 2.05) is 0 Å². The first kappa shape index (κ1) is 17.8. The molecule has 0 aliphatic carbocycles. The number of hydrogen-bond donors (Lipinski definition) is 2. The molecule has 8 heteroatoms. The van der Waals surface area contributed by atoms with Crippen LogP contribution in [0.25, 0.3) is 0 Å². The fourth-order valence-electron chi connectivity index (χ4n) is 1.76. The fourth-order valence-corrected chi connectivity index (χ4v) is 2.12. The first-order valence-electron chi connectivity index (χ1n) is 6.74. The van der Waals surface area contributed by atoms with Crippen LogP contribution < -0.4 is 15.5 Å². The normalized spacial score (nSPS) is 10.5. The van der Waals surface area contributed by atoms with Crippen molar-refractivity contribution in [2.24, 2.45) is 5.10 Å². The Kier molecular flexibility index (Phi) is 6.17. The van der Waals surface area contributed by atoms with Gasteiger partial charge < -0.3 is 10.1 Å². The molecule has 0 aliphatic heterocycles. The molecule has 2 aromatic carbocycles. The smallest absolute Gasteiger partial charge is 0.329 e. The number of nitrogens with one attached hydrogen (secondary N) is 2. The van der Waals surface area contributed by atoms with Crippen molar-refractivity contribution in [3.05, 3.63) is 58.1 Å². The molecule has 124 valence electrons. The summed E-state index contributed by atoms with van der Waals surface area (Å²) in [4.78, 5) is 23.6. The summed E-state index contributed by atoms with van der Waals surface area (Å²) in [5.41, 5.74) is 3.00. The topological polar surface area (TPSA) is 79.8 Å². The monoisotopic (exact) mass is 365 g/mol. The lowest BCUT2D eigenvalue weighted by Crippen LogP contribution is -2.32. The molecule has 6 nitrogen and oxygen atoms in total. The lowest BCUT2D eigenvalue weighted by atomic mass is 10.2. The highest BCUT2D eigenvalue weighted by molar-refractivity contribution is 6.43. The van der Waals surface area contributed by atoms with Gasteiger partial charge in [0.05, 0.1) is 29.1 Å². The number of carbonyl (C=O) groups is 2. The van der Waals surface area contributed by atoms with E-state index in [2.05, 4.69) is 15.8 Å². The molecular weight excluding hydrogens is 353 g/mol. The lowest BCUT2D eigenvalue weighted by Gasteiger charge is -2.08. The van der Waals surface area contributed by atoms with E-state index in [1.165, 1.54) is 13.3 Å². The number of methoxy groups -OCH3 is 1. The quantitative estimate of drug-likeness (QED) is 0.496. The molecule has 0 saturated carbocycles. The summed E-state index contributed by atoms with van der Waals surface area (Å²) in [6.07, 6.45) is 1.29. The molecule has 2 N–H and O–H groups in total. The molecule has 0 atom stereocenters. The zero-order chi connectivity index (χ0) is 17.5. The number of hydrazone groups is 1. The molecule has 0 unspecified atom stereocenters. The average Bonchev–Trinajstić information content (AvgIpc) is 2.59. The number of ether oxygens (including phenoxy) is 1. The molecule has 24 heavy (non-hydrogen) atoms. The van der Waals surface area contributed by atoms with Crippen LogP contribution >= 0.6 is 23.2 Å². The van der Waals surface area contributed by atoms with Gasteiger partial charge in [0.1, 0.15) is 5.75 Å². The molecular formula is C16H13Cl2N3O3. The Morgan fingerprint density at radius 2 is 1.83 bits per heavy atom. The van der Waals surface area contributed by atoms with E-state index >= 15 is 0 Å². The third-order valence-corrected chi connectivity index (χ3v) is 3.75. The minimum atomic E-state index is -0.935. The van der Waals surface area contributed by atoms with Gasteiger partial charge in [-0.3, -0.25) is 9.59 Å². The number of para-hydroxylation sites is 2. The van der Waals surface area contributed by atoms with Crippen LogP contribution in [0.3, 0.4) is 0 Å². The summed E-state index contributed by atoms with van der Waals surface area (Å²) in [7, 11) is 1.46. The van der Waals surface area contributed by atoms with E-state index in [1.54, 1.807) is 42.5 Å². The van der Waals surface area contributed by atoms with E-state index < -0.39 is 11.8 Å². The highest BCUT2D eigenvalue weighted by Crippen LogP contribution is 2.24. The molecule has 0 fully saturated rings. The molecule has 0 spiro atoms. The largest absolute Gasteiger partial charge is 0.495 e. The summed E-state index contributed by atoms with van der Waals surface area (Å²) in [6.45, 7) is 0. The van der Waals surface area contributed by atoms with E-state index in [-0.39, 0.29) is 0 Å². The standard InChI is InChI=1S/C16H13Cl2N3O3/c1-24-13-8-3-2-7-12(13)20-15(22)16(23)21-19-9-10-5-4-6-11(17)14(10)18/h2-9H,1H3,(H,20,22)(H,21,23)/b19-9-. The maximum Gasteiger partial charge on any atom is 0.329 e. The van der Waals surface area contributed by atoms with Gasteiger partial charge in [-0.1, -0.05) is 47.5 Å². The van der Waals surface area contributed by atoms with Crippen molar-refractivity contribution < 1.29 is 14.3 Å². The summed E-state index contributed by atoms with van der Waals surface area (Å²) in [6, 6.07) is 11.7. The highest BCUT2D eigenvalue weighted by atomic mass is 35.5. The number of anilines is 1. The Morgan fingerprint density at radius 3 is 2.58 bits per heavy atom.